The average Bonchev–Trinajstić information content (AvgIpc) is 3.29. The van der Waals surface area contributed by atoms with Gasteiger partial charge >= 0.3 is 0 Å². The fourth-order valence-corrected chi connectivity index (χ4v) is 5.20. The van der Waals surface area contributed by atoms with Gasteiger partial charge in [-0.3, -0.25) is 14.3 Å². The second-order valence-corrected chi connectivity index (χ2v) is 9.80. The minimum Gasteiger partial charge on any atom is -0.379 e. The van der Waals surface area contributed by atoms with Crippen LogP contribution in [-0.2, 0) is 9.47 Å². The monoisotopic (exact) mass is 450 g/mol. The van der Waals surface area contributed by atoms with E-state index >= 15 is 0 Å². The molecule has 6 rings (SSSR count). The summed E-state index contributed by atoms with van der Waals surface area (Å²) < 4.78 is 13.4. The second-order valence-electron chi connectivity index (χ2n) is 9.80. The largest absolute Gasteiger partial charge is 0.379 e. The zero-order chi connectivity index (χ0) is 22.5. The van der Waals surface area contributed by atoms with Crippen molar-refractivity contribution in [1.82, 2.24) is 19.7 Å². The SMILES string of the molecule is Cc1cc2[nH]c(=O)c3cnn([C@H]4CCOC4)c3c2cc1C(=O)N1CCC(COC2CC2)CC1. The van der Waals surface area contributed by atoms with Crippen LogP contribution in [0.25, 0.3) is 21.8 Å². The van der Waals surface area contributed by atoms with Gasteiger partial charge in [0, 0.05) is 37.3 Å². The van der Waals surface area contributed by atoms with Gasteiger partial charge in [-0.2, -0.15) is 5.10 Å². The molecule has 4 heterocycles. The fraction of sp³-hybridized carbons (Fsp3) is 0.560. The minimum atomic E-state index is -0.156. The Kier molecular flexibility index (Phi) is 5.22. The quantitative estimate of drug-likeness (QED) is 0.645. The topological polar surface area (TPSA) is 89.4 Å². The molecule has 0 unspecified atom stereocenters. The number of carbonyl (C=O) groups excluding carboxylic acids is 1. The third kappa shape index (κ3) is 3.85. The fourth-order valence-electron chi connectivity index (χ4n) is 5.20. The number of nitrogens with zero attached hydrogens (tertiary/aromatic N) is 3. The summed E-state index contributed by atoms with van der Waals surface area (Å²) in [6.45, 7) is 5.55. The van der Waals surface area contributed by atoms with Crippen molar-refractivity contribution >= 4 is 27.7 Å². The number of nitrogens with one attached hydrogen (secondary N) is 1. The number of carbonyl (C=O) groups is 1. The molecule has 0 radical (unpaired) electrons. The van der Waals surface area contributed by atoms with Crippen molar-refractivity contribution in [2.75, 3.05) is 32.9 Å². The summed E-state index contributed by atoms with van der Waals surface area (Å²) in [5.41, 5.74) is 2.93. The molecule has 2 aliphatic heterocycles. The van der Waals surface area contributed by atoms with Gasteiger partial charge in [-0.25, -0.2) is 0 Å². The molecule has 174 valence electrons. The van der Waals surface area contributed by atoms with Gasteiger partial charge in [0.05, 0.1) is 41.4 Å². The average molecular weight is 451 g/mol. The molecular weight excluding hydrogens is 420 g/mol. The van der Waals surface area contributed by atoms with E-state index in [0.29, 0.717) is 36.2 Å². The number of rotatable bonds is 5. The van der Waals surface area contributed by atoms with Crippen molar-refractivity contribution < 1.29 is 14.3 Å². The molecule has 1 amide bonds. The highest BCUT2D eigenvalue weighted by molar-refractivity contribution is 6.07. The number of ether oxygens (including phenoxy) is 2. The van der Waals surface area contributed by atoms with Gasteiger partial charge in [0.15, 0.2) is 0 Å². The van der Waals surface area contributed by atoms with E-state index in [0.717, 1.165) is 60.9 Å². The molecule has 1 N–H and O–H groups in total. The van der Waals surface area contributed by atoms with Crippen LogP contribution in [0.15, 0.2) is 23.1 Å². The molecule has 33 heavy (non-hydrogen) atoms. The predicted molar refractivity (Wildman–Crippen MR) is 125 cm³/mol. The van der Waals surface area contributed by atoms with Crippen LogP contribution >= 0.6 is 0 Å². The lowest BCUT2D eigenvalue weighted by molar-refractivity contribution is 0.0474. The molecule has 8 nitrogen and oxygen atoms in total. The van der Waals surface area contributed by atoms with Gasteiger partial charge in [0.25, 0.3) is 11.5 Å². The summed E-state index contributed by atoms with van der Waals surface area (Å²) >= 11 is 0. The molecule has 2 aromatic heterocycles. The van der Waals surface area contributed by atoms with Gasteiger partial charge in [-0.15, -0.1) is 0 Å². The van der Waals surface area contributed by atoms with E-state index in [1.165, 1.54) is 12.8 Å². The molecule has 3 aliphatic rings. The molecule has 1 atom stereocenters. The van der Waals surface area contributed by atoms with E-state index in [-0.39, 0.29) is 17.5 Å². The number of likely N-dealkylation sites (tertiary alicyclic amines) is 1. The van der Waals surface area contributed by atoms with Crippen molar-refractivity contribution in [3.63, 3.8) is 0 Å². The number of aromatic nitrogens is 3. The van der Waals surface area contributed by atoms with E-state index in [4.69, 9.17) is 9.47 Å². The number of amides is 1. The van der Waals surface area contributed by atoms with E-state index < -0.39 is 0 Å². The van der Waals surface area contributed by atoms with Crippen LogP contribution in [0.2, 0.25) is 0 Å². The van der Waals surface area contributed by atoms with E-state index in [1.807, 2.05) is 28.6 Å². The Hall–Kier alpha value is -2.71. The third-order valence-electron chi connectivity index (χ3n) is 7.38. The number of fused-ring (bicyclic) bond motifs is 3. The van der Waals surface area contributed by atoms with Gasteiger partial charge < -0.3 is 19.4 Å². The zero-order valence-corrected chi connectivity index (χ0v) is 19.0. The van der Waals surface area contributed by atoms with Crippen LogP contribution in [0.1, 0.15) is 54.1 Å². The summed E-state index contributed by atoms with van der Waals surface area (Å²) in [4.78, 5) is 31.2. The van der Waals surface area contributed by atoms with Crippen LogP contribution in [0.3, 0.4) is 0 Å². The first-order valence-electron chi connectivity index (χ1n) is 12.1. The molecule has 8 heteroatoms. The van der Waals surface area contributed by atoms with Crippen molar-refractivity contribution in [2.24, 2.45) is 5.92 Å². The molecule has 1 aliphatic carbocycles. The van der Waals surface area contributed by atoms with E-state index in [1.54, 1.807) is 6.20 Å². The standard InChI is InChI=1S/C25H30N4O4/c1-15-10-22-20(23-21(24(30)27-22)12-26-29(23)17-6-9-32-14-17)11-19(15)25(31)28-7-4-16(5-8-28)13-33-18-2-3-18/h10-12,16-18H,2-9,13-14H2,1H3,(H,27,30)/t17-/m0/s1. The number of benzene rings is 1. The minimum absolute atomic E-state index is 0.0607. The first-order chi connectivity index (χ1) is 16.1. The number of H-pyrrole nitrogens is 1. The normalized spacial score (nSPS) is 22.0. The molecule has 0 bridgehead atoms. The van der Waals surface area contributed by atoms with E-state index in [2.05, 4.69) is 10.1 Å². The lowest BCUT2D eigenvalue weighted by atomic mass is 9.96. The Bertz CT molecular complexity index is 1260. The molecule has 1 aromatic carbocycles. The van der Waals surface area contributed by atoms with Crippen LogP contribution in [0.5, 0.6) is 0 Å². The smallest absolute Gasteiger partial charge is 0.259 e. The molecule has 3 aromatic rings. The Morgan fingerprint density at radius 2 is 2.00 bits per heavy atom. The van der Waals surface area contributed by atoms with Gasteiger partial charge in [0.2, 0.25) is 0 Å². The lowest BCUT2D eigenvalue weighted by Gasteiger charge is -2.32. The summed E-state index contributed by atoms with van der Waals surface area (Å²) in [5.74, 6) is 0.602. The van der Waals surface area contributed by atoms with Crippen molar-refractivity contribution in [1.29, 1.82) is 0 Å². The van der Waals surface area contributed by atoms with Gasteiger partial charge in [-0.05, 0) is 62.6 Å². The number of aromatic amines is 1. The van der Waals surface area contributed by atoms with Crippen LogP contribution < -0.4 is 5.56 Å². The molecular formula is C25H30N4O4. The number of pyridine rings is 1. The Morgan fingerprint density at radius 1 is 1.18 bits per heavy atom. The van der Waals surface area contributed by atoms with Gasteiger partial charge in [0.1, 0.15) is 0 Å². The highest BCUT2D eigenvalue weighted by Crippen LogP contribution is 2.31. The summed E-state index contributed by atoms with van der Waals surface area (Å²) in [6, 6.07) is 3.97. The zero-order valence-electron chi connectivity index (χ0n) is 19.0. The summed E-state index contributed by atoms with van der Waals surface area (Å²) in [7, 11) is 0. The Labute approximate surface area is 191 Å². The van der Waals surface area contributed by atoms with Crippen LogP contribution in [-0.4, -0.2) is 64.6 Å². The number of hydrogen-bond acceptors (Lipinski definition) is 5. The molecule has 2 saturated heterocycles. The lowest BCUT2D eigenvalue weighted by Crippen LogP contribution is -2.39. The molecule has 0 spiro atoms. The Balaban J connectivity index is 1.32. The highest BCUT2D eigenvalue weighted by Gasteiger charge is 2.28. The Morgan fingerprint density at radius 3 is 2.73 bits per heavy atom. The predicted octanol–water partition coefficient (Wildman–Crippen LogP) is 3.18. The first kappa shape index (κ1) is 20.9. The maximum atomic E-state index is 13.5. The van der Waals surface area contributed by atoms with Crippen molar-refractivity contribution in [3.05, 3.63) is 39.8 Å². The summed E-state index contributed by atoms with van der Waals surface area (Å²) in [6.07, 6.45) is 7.34. The number of piperidine rings is 1. The van der Waals surface area contributed by atoms with Crippen molar-refractivity contribution in [2.45, 2.75) is 51.2 Å². The number of aryl methyl sites for hydroxylation is 1. The van der Waals surface area contributed by atoms with Gasteiger partial charge in [-0.1, -0.05) is 0 Å². The van der Waals surface area contributed by atoms with Crippen LogP contribution in [0.4, 0.5) is 0 Å². The third-order valence-corrected chi connectivity index (χ3v) is 7.38. The molecule has 1 saturated carbocycles. The maximum Gasteiger partial charge on any atom is 0.259 e. The van der Waals surface area contributed by atoms with E-state index in [9.17, 15) is 9.59 Å². The highest BCUT2D eigenvalue weighted by atomic mass is 16.5. The number of hydrogen-bond donors (Lipinski definition) is 1. The first-order valence-corrected chi connectivity index (χ1v) is 12.1. The summed E-state index contributed by atoms with van der Waals surface area (Å²) in [5, 5.41) is 5.93. The second kappa shape index (κ2) is 8.25. The maximum absolute atomic E-state index is 13.5. The van der Waals surface area contributed by atoms with Crippen LogP contribution in [0, 0.1) is 12.8 Å². The van der Waals surface area contributed by atoms with Crippen molar-refractivity contribution in [3.8, 4) is 0 Å². The molecule has 3 fully saturated rings.